The second-order valence-corrected chi connectivity index (χ2v) is 11.7. The van der Waals surface area contributed by atoms with E-state index in [0.29, 0.717) is 34.4 Å². The van der Waals surface area contributed by atoms with Crippen molar-refractivity contribution >= 4 is 33.5 Å². The van der Waals surface area contributed by atoms with Crippen LogP contribution in [-0.2, 0) is 10.0 Å². The van der Waals surface area contributed by atoms with Crippen molar-refractivity contribution in [2.75, 3.05) is 5.32 Å². The van der Waals surface area contributed by atoms with E-state index in [4.69, 9.17) is 5.14 Å². The molecule has 234 valence electrons. The standard InChI is InChI=1S/C32H26N10O4S/c1-20-7-8-21(17-27(20)38-32-36-16-13-25(37-32)22-5-4-14-34-19-22)30(43)39-40-31(44)28-18-29(26-6-2-3-15-35-26)42(41-28)23-9-11-24(12-10-23)47(33,45)46/h2-19H,1H3,(H,39,43)(H,40,44)(H2,33,45,46)(H,36,37,38). The van der Waals surface area contributed by atoms with Gasteiger partial charge in [-0.15, -0.1) is 0 Å². The number of carbonyl (C=O) groups excluding carboxylic acids is 2. The van der Waals surface area contributed by atoms with Gasteiger partial charge < -0.3 is 5.32 Å². The molecule has 4 aromatic heterocycles. The average Bonchev–Trinajstić information content (AvgIpc) is 3.54. The van der Waals surface area contributed by atoms with Gasteiger partial charge in [-0.05, 0) is 85.3 Å². The first-order chi connectivity index (χ1) is 22.7. The molecule has 15 heteroatoms. The second-order valence-electron chi connectivity index (χ2n) is 10.2. The first-order valence-corrected chi connectivity index (χ1v) is 15.6. The molecule has 2 amide bonds. The van der Waals surface area contributed by atoms with Gasteiger partial charge in [0.15, 0.2) is 5.69 Å². The normalized spacial score (nSPS) is 11.1. The van der Waals surface area contributed by atoms with Crippen molar-refractivity contribution in [2.24, 2.45) is 5.14 Å². The molecule has 0 aliphatic heterocycles. The van der Waals surface area contributed by atoms with Crippen molar-refractivity contribution < 1.29 is 18.0 Å². The van der Waals surface area contributed by atoms with Crippen LogP contribution in [0.5, 0.6) is 0 Å². The molecule has 6 rings (SSSR count). The number of sulfonamides is 1. The number of hydrogen-bond acceptors (Lipinski definition) is 10. The summed E-state index contributed by atoms with van der Waals surface area (Å²) < 4.78 is 24.9. The van der Waals surface area contributed by atoms with Gasteiger partial charge in [-0.1, -0.05) is 12.1 Å². The Morgan fingerprint density at radius 2 is 1.62 bits per heavy atom. The number of hydrazine groups is 1. The zero-order valence-corrected chi connectivity index (χ0v) is 25.5. The molecule has 0 unspecified atom stereocenters. The molecule has 0 spiro atoms. The van der Waals surface area contributed by atoms with Crippen molar-refractivity contribution in [2.45, 2.75) is 11.8 Å². The van der Waals surface area contributed by atoms with E-state index in [-0.39, 0.29) is 16.2 Å². The Labute approximate surface area is 268 Å². The van der Waals surface area contributed by atoms with Crippen molar-refractivity contribution in [3.63, 3.8) is 0 Å². The summed E-state index contributed by atoms with van der Waals surface area (Å²) in [5, 5.41) is 12.8. The first-order valence-electron chi connectivity index (χ1n) is 14.0. The third-order valence-corrected chi connectivity index (χ3v) is 7.86. The number of anilines is 2. The van der Waals surface area contributed by atoms with Crippen LogP contribution in [0.4, 0.5) is 11.6 Å². The van der Waals surface area contributed by atoms with E-state index in [9.17, 15) is 18.0 Å². The van der Waals surface area contributed by atoms with Crippen LogP contribution < -0.4 is 21.3 Å². The number of hydrogen-bond donors (Lipinski definition) is 4. The molecule has 0 aliphatic rings. The van der Waals surface area contributed by atoms with Crippen molar-refractivity contribution in [3.8, 4) is 28.3 Å². The lowest BCUT2D eigenvalue weighted by molar-refractivity contribution is 0.0843. The lowest BCUT2D eigenvalue weighted by Crippen LogP contribution is -2.41. The molecular formula is C32H26N10O4S. The molecule has 0 saturated carbocycles. The monoisotopic (exact) mass is 646 g/mol. The van der Waals surface area contributed by atoms with Crippen LogP contribution in [-0.4, -0.2) is 49.9 Å². The summed E-state index contributed by atoms with van der Waals surface area (Å²) in [6.07, 6.45) is 6.59. The van der Waals surface area contributed by atoms with Gasteiger partial charge in [-0.2, -0.15) is 5.10 Å². The molecule has 6 aromatic rings. The fraction of sp³-hybridized carbons (Fsp3) is 0.0312. The highest BCUT2D eigenvalue weighted by Gasteiger charge is 2.19. The van der Waals surface area contributed by atoms with E-state index in [0.717, 1.165) is 11.1 Å². The largest absolute Gasteiger partial charge is 0.324 e. The van der Waals surface area contributed by atoms with Crippen LogP contribution in [0.3, 0.4) is 0 Å². The number of nitrogens with one attached hydrogen (secondary N) is 3. The fourth-order valence-corrected chi connectivity index (χ4v) is 5.04. The van der Waals surface area contributed by atoms with E-state index >= 15 is 0 Å². The fourth-order valence-electron chi connectivity index (χ4n) is 4.52. The Kier molecular flexibility index (Phi) is 8.46. The number of rotatable bonds is 8. The smallest absolute Gasteiger partial charge is 0.290 e. The van der Waals surface area contributed by atoms with Crippen LogP contribution in [0.15, 0.2) is 115 Å². The third kappa shape index (κ3) is 7.00. The molecule has 0 bridgehead atoms. The molecular weight excluding hydrogens is 620 g/mol. The van der Waals surface area contributed by atoms with Gasteiger partial charge in [0, 0.05) is 41.6 Å². The average molecular weight is 647 g/mol. The predicted octanol–water partition coefficient (Wildman–Crippen LogP) is 3.56. The Bertz CT molecular complexity index is 2190. The zero-order chi connectivity index (χ0) is 33.0. The van der Waals surface area contributed by atoms with E-state index in [1.165, 1.54) is 35.0 Å². The summed E-state index contributed by atoms with van der Waals surface area (Å²) in [6.45, 7) is 1.87. The van der Waals surface area contributed by atoms with Crippen molar-refractivity contribution in [1.82, 2.24) is 40.6 Å². The zero-order valence-electron chi connectivity index (χ0n) is 24.7. The van der Waals surface area contributed by atoms with Crippen molar-refractivity contribution in [3.05, 3.63) is 127 Å². The molecule has 47 heavy (non-hydrogen) atoms. The number of nitrogens with two attached hydrogens (primary N) is 1. The molecule has 14 nitrogen and oxygen atoms in total. The van der Waals surface area contributed by atoms with Crippen LogP contribution in [0.2, 0.25) is 0 Å². The molecule has 5 N–H and O–H groups in total. The summed E-state index contributed by atoms with van der Waals surface area (Å²) >= 11 is 0. The van der Waals surface area contributed by atoms with Crippen LogP contribution in [0.25, 0.3) is 28.3 Å². The minimum atomic E-state index is -3.90. The van der Waals surface area contributed by atoms with Crippen LogP contribution >= 0.6 is 0 Å². The highest BCUT2D eigenvalue weighted by molar-refractivity contribution is 7.89. The minimum Gasteiger partial charge on any atom is -0.324 e. The number of aromatic nitrogens is 6. The molecule has 0 radical (unpaired) electrons. The Morgan fingerprint density at radius 3 is 2.34 bits per heavy atom. The van der Waals surface area contributed by atoms with Gasteiger partial charge >= 0.3 is 0 Å². The van der Waals surface area contributed by atoms with Crippen molar-refractivity contribution in [1.29, 1.82) is 0 Å². The van der Waals surface area contributed by atoms with Crippen LogP contribution in [0, 0.1) is 6.92 Å². The number of primary sulfonamides is 1. The SMILES string of the molecule is Cc1ccc(C(=O)NNC(=O)c2cc(-c3ccccn3)n(-c3ccc(S(N)(=O)=O)cc3)n2)cc1Nc1nccc(-c2cccnc2)n1. The molecule has 0 fully saturated rings. The lowest BCUT2D eigenvalue weighted by Gasteiger charge is -2.12. The van der Waals surface area contributed by atoms with Gasteiger partial charge in [0.25, 0.3) is 11.8 Å². The lowest BCUT2D eigenvalue weighted by atomic mass is 10.1. The van der Waals surface area contributed by atoms with Gasteiger partial charge in [0.1, 0.15) is 0 Å². The quantitative estimate of drug-likeness (QED) is 0.177. The van der Waals surface area contributed by atoms with E-state index in [1.807, 2.05) is 19.1 Å². The second kappa shape index (κ2) is 13.0. The summed E-state index contributed by atoms with van der Waals surface area (Å²) in [5.41, 5.74) is 9.41. The number of aryl methyl sites for hydroxylation is 1. The molecule has 0 saturated heterocycles. The minimum absolute atomic E-state index is 0.0293. The van der Waals surface area contributed by atoms with E-state index < -0.39 is 21.8 Å². The maximum atomic E-state index is 13.2. The van der Waals surface area contributed by atoms with E-state index in [2.05, 4.69) is 41.2 Å². The number of pyridine rings is 2. The highest BCUT2D eigenvalue weighted by Crippen LogP contribution is 2.24. The van der Waals surface area contributed by atoms with Gasteiger partial charge in [0.2, 0.25) is 16.0 Å². The summed E-state index contributed by atoms with van der Waals surface area (Å²) in [5.74, 6) is -0.935. The molecule has 2 aromatic carbocycles. The van der Waals surface area contributed by atoms with Gasteiger partial charge in [-0.3, -0.25) is 30.4 Å². The molecule has 0 atom stereocenters. The summed E-state index contributed by atoms with van der Waals surface area (Å²) in [6, 6.07) is 22.9. The Balaban J connectivity index is 1.19. The number of amides is 2. The maximum absolute atomic E-state index is 13.2. The predicted molar refractivity (Wildman–Crippen MR) is 173 cm³/mol. The highest BCUT2D eigenvalue weighted by atomic mass is 32.2. The number of carbonyl (C=O) groups is 2. The van der Waals surface area contributed by atoms with E-state index in [1.54, 1.807) is 67.3 Å². The Morgan fingerprint density at radius 1 is 0.809 bits per heavy atom. The van der Waals surface area contributed by atoms with Gasteiger partial charge in [-0.25, -0.2) is 28.2 Å². The molecule has 0 aliphatic carbocycles. The summed E-state index contributed by atoms with van der Waals surface area (Å²) in [4.78, 5) is 43.5. The number of benzene rings is 2. The van der Waals surface area contributed by atoms with Gasteiger partial charge in [0.05, 0.1) is 27.7 Å². The third-order valence-electron chi connectivity index (χ3n) is 6.93. The first kappa shape index (κ1) is 30.7. The molecule has 4 heterocycles. The van der Waals surface area contributed by atoms with Crippen LogP contribution in [0.1, 0.15) is 26.4 Å². The topological polar surface area (TPSA) is 200 Å². The Hall–Kier alpha value is -6.32. The number of nitrogens with zero attached hydrogens (tertiary/aromatic N) is 6. The maximum Gasteiger partial charge on any atom is 0.290 e. The summed E-state index contributed by atoms with van der Waals surface area (Å²) in [7, 11) is -3.90.